The zero-order valence-electron chi connectivity index (χ0n) is 15.4. The number of benzene rings is 2. The van der Waals surface area contributed by atoms with Gasteiger partial charge in [-0.1, -0.05) is 36.4 Å². The summed E-state index contributed by atoms with van der Waals surface area (Å²) in [4.78, 5) is 0. The van der Waals surface area contributed by atoms with E-state index in [0.717, 1.165) is 31.8 Å². The summed E-state index contributed by atoms with van der Waals surface area (Å²) in [5, 5.41) is 7.83. The summed E-state index contributed by atoms with van der Waals surface area (Å²) in [5.41, 5.74) is 5.10. The zero-order valence-corrected chi connectivity index (χ0v) is 15.4. The van der Waals surface area contributed by atoms with Crippen molar-refractivity contribution in [1.29, 1.82) is 0 Å². The van der Waals surface area contributed by atoms with Crippen molar-refractivity contribution in [2.45, 2.75) is 45.5 Å². The van der Waals surface area contributed by atoms with Crippen molar-refractivity contribution in [1.82, 2.24) is 15.1 Å². The van der Waals surface area contributed by atoms with E-state index in [-0.39, 0.29) is 5.60 Å². The molecule has 2 aromatic carbocycles. The standard InChI is InChI=1S/C22H25N3O/c1-22(2)13-20-12-18(7-8-21(20)26-22)15-23-14-17-5-3-6-19(11-17)16-25-10-4-9-24-25/h3-12,23H,13-16H2,1-2H3. The molecule has 0 amide bonds. The lowest BCUT2D eigenvalue weighted by molar-refractivity contribution is 0.138. The second-order valence-corrected chi connectivity index (χ2v) is 7.61. The van der Waals surface area contributed by atoms with Crippen LogP contribution in [0.5, 0.6) is 5.75 Å². The molecule has 0 saturated carbocycles. The number of ether oxygens (including phenoxy) is 1. The van der Waals surface area contributed by atoms with Gasteiger partial charge in [-0.3, -0.25) is 4.68 Å². The smallest absolute Gasteiger partial charge is 0.123 e. The van der Waals surface area contributed by atoms with Gasteiger partial charge in [-0.15, -0.1) is 0 Å². The molecule has 1 aromatic heterocycles. The predicted molar refractivity (Wildman–Crippen MR) is 103 cm³/mol. The third-order valence-electron chi connectivity index (χ3n) is 4.68. The number of hydrogen-bond acceptors (Lipinski definition) is 3. The molecule has 3 aromatic rings. The molecule has 0 fully saturated rings. The van der Waals surface area contributed by atoms with Crippen molar-refractivity contribution in [3.8, 4) is 5.75 Å². The van der Waals surface area contributed by atoms with Crippen LogP contribution in [0.1, 0.15) is 36.1 Å². The van der Waals surface area contributed by atoms with E-state index in [0.29, 0.717) is 0 Å². The van der Waals surface area contributed by atoms with E-state index in [1.54, 1.807) is 0 Å². The quantitative estimate of drug-likeness (QED) is 0.734. The Balaban J connectivity index is 1.34. The topological polar surface area (TPSA) is 39.1 Å². The highest BCUT2D eigenvalue weighted by atomic mass is 16.5. The number of rotatable bonds is 6. The molecule has 4 nitrogen and oxygen atoms in total. The Morgan fingerprint density at radius 1 is 1.04 bits per heavy atom. The van der Waals surface area contributed by atoms with Crippen LogP contribution in [0, 0.1) is 0 Å². The lowest BCUT2D eigenvalue weighted by Gasteiger charge is -2.16. The average Bonchev–Trinajstić information content (AvgIpc) is 3.20. The number of nitrogens with one attached hydrogen (secondary N) is 1. The van der Waals surface area contributed by atoms with E-state index in [1.165, 1.54) is 22.3 Å². The first kappa shape index (κ1) is 16.9. The first-order valence-electron chi connectivity index (χ1n) is 9.14. The fourth-order valence-corrected chi connectivity index (χ4v) is 3.54. The van der Waals surface area contributed by atoms with Gasteiger partial charge in [0, 0.05) is 31.9 Å². The Morgan fingerprint density at radius 2 is 1.85 bits per heavy atom. The summed E-state index contributed by atoms with van der Waals surface area (Å²) in [6, 6.07) is 17.1. The van der Waals surface area contributed by atoms with Crippen molar-refractivity contribution in [2.75, 3.05) is 0 Å². The minimum Gasteiger partial charge on any atom is -0.487 e. The van der Waals surface area contributed by atoms with E-state index in [1.807, 2.05) is 23.1 Å². The SMILES string of the molecule is CC1(C)Cc2cc(CNCc3cccc(Cn4cccn4)c3)ccc2O1. The van der Waals surface area contributed by atoms with E-state index in [4.69, 9.17) is 4.74 Å². The van der Waals surface area contributed by atoms with Gasteiger partial charge in [0.05, 0.1) is 6.54 Å². The van der Waals surface area contributed by atoms with Crippen LogP contribution >= 0.6 is 0 Å². The molecule has 2 heterocycles. The fourth-order valence-electron chi connectivity index (χ4n) is 3.54. The Labute approximate surface area is 154 Å². The maximum atomic E-state index is 5.95. The molecule has 0 unspecified atom stereocenters. The molecule has 4 heteroatoms. The second kappa shape index (κ2) is 6.96. The average molecular weight is 347 g/mol. The highest BCUT2D eigenvalue weighted by Gasteiger charge is 2.29. The van der Waals surface area contributed by atoms with Crippen molar-refractivity contribution in [3.05, 3.63) is 83.2 Å². The van der Waals surface area contributed by atoms with Gasteiger partial charge in [-0.05, 0) is 48.2 Å². The molecular formula is C22H25N3O. The predicted octanol–water partition coefficient (Wildman–Crippen LogP) is 3.93. The molecule has 0 spiro atoms. The maximum Gasteiger partial charge on any atom is 0.123 e. The van der Waals surface area contributed by atoms with Gasteiger partial charge in [-0.25, -0.2) is 0 Å². The van der Waals surface area contributed by atoms with Gasteiger partial charge < -0.3 is 10.1 Å². The molecule has 0 radical (unpaired) electrons. The molecule has 1 aliphatic heterocycles. The molecule has 4 rings (SSSR count). The molecule has 0 bridgehead atoms. The minimum atomic E-state index is -0.0800. The molecular weight excluding hydrogens is 322 g/mol. The molecule has 134 valence electrons. The van der Waals surface area contributed by atoms with Crippen molar-refractivity contribution in [3.63, 3.8) is 0 Å². The lowest BCUT2D eigenvalue weighted by Crippen LogP contribution is -2.24. The highest BCUT2D eigenvalue weighted by Crippen LogP contribution is 2.35. The van der Waals surface area contributed by atoms with Crippen molar-refractivity contribution < 1.29 is 4.74 Å². The third kappa shape index (κ3) is 3.97. The maximum absolute atomic E-state index is 5.95. The van der Waals surface area contributed by atoms with Crippen LogP contribution in [0.3, 0.4) is 0 Å². The minimum absolute atomic E-state index is 0.0800. The monoisotopic (exact) mass is 347 g/mol. The molecule has 0 aliphatic carbocycles. The summed E-state index contributed by atoms with van der Waals surface area (Å²) >= 11 is 0. The number of nitrogens with zero attached hydrogens (tertiary/aromatic N) is 2. The van der Waals surface area contributed by atoms with Gasteiger partial charge in [0.15, 0.2) is 0 Å². The Morgan fingerprint density at radius 3 is 2.65 bits per heavy atom. The Bertz CT molecular complexity index is 884. The van der Waals surface area contributed by atoms with Crippen molar-refractivity contribution in [2.24, 2.45) is 0 Å². The molecule has 1 aliphatic rings. The van der Waals surface area contributed by atoms with Crippen LogP contribution < -0.4 is 10.1 Å². The number of aromatic nitrogens is 2. The van der Waals surface area contributed by atoms with Gasteiger partial charge in [-0.2, -0.15) is 5.10 Å². The third-order valence-corrected chi connectivity index (χ3v) is 4.68. The number of fused-ring (bicyclic) bond motifs is 1. The van der Waals surface area contributed by atoms with Crippen LogP contribution in [-0.4, -0.2) is 15.4 Å². The Kier molecular flexibility index (Phi) is 4.51. The van der Waals surface area contributed by atoms with Gasteiger partial charge in [0.2, 0.25) is 0 Å². The van der Waals surface area contributed by atoms with Crippen LogP contribution in [0.2, 0.25) is 0 Å². The van der Waals surface area contributed by atoms with Gasteiger partial charge in [0.1, 0.15) is 11.4 Å². The largest absolute Gasteiger partial charge is 0.487 e. The first-order chi connectivity index (χ1) is 12.6. The number of hydrogen-bond donors (Lipinski definition) is 1. The molecule has 26 heavy (non-hydrogen) atoms. The van der Waals surface area contributed by atoms with Gasteiger partial charge >= 0.3 is 0 Å². The normalized spacial score (nSPS) is 14.8. The summed E-state index contributed by atoms with van der Waals surface area (Å²) in [7, 11) is 0. The summed E-state index contributed by atoms with van der Waals surface area (Å²) in [6.45, 7) is 6.80. The zero-order chi connectivity index (χ0) is 18.0. The van der Waals surface area contributed by atoms with Crippen LogP contribution in [0.4, 0.5) is 0 Å². The van der Waals surface area contributed by atoms with Crippen LogP contribution in [0.15, 0.2) is 60.9 Å². The lowest BCUT2D eigenvalue weighted by atomic mass is 10.0. The van der Waals surface area contributed by atoms with E-state index in [2.05, 4.69) is 66.7 Å². The van der Waals surface area contributed by atoms with Crippen LogP contribution in [-0.2, 0) is 26.1 Å². The van der Waals surface area contributed by atoms with Crippen LogP contribution in [0.25, 0.3) is 0 Å². The van der Waals surface area contributed by atoms with Crippen molar-refractivity contribution >= 4 is 0 Å². The summed E-state index contributed by atoms with van der Waals surface area (Å²) in [5.74, 6) is 1.03. The van der Waals surface area contributed by atoms with E-state index < -0.39 is 0 Å². The second-order valence-electron chi connectivity index (χ2n) is 7.61. The summed E-state index contributed by atoms with van der Waals surface area (Å²) < 4.78 is 7.90. The van der Waals surface area contributed by atoms with E-state index >= 15 is 0 Å². The fraction of sp³-hybridized carbons (Fsp3) is 0.318. The van der Waals surface area contributed by atoms with Gasteiger partial charge in [0.25, 0.3) is 0 Å². The first-order valence-corrected chi connectivity index (χ1v) is 9.14. The molecule has 1 N–H and O–H groups in total. The Hall–Kier alpha value is -2.59. The molecule has 0 saturated heterocycles. The van der Waals surface area contributed by atoms with E-state index in [9.17, 15) is 0 Å². The summed E-state index contributed by atoms with van der Waals surface area (Å²) in [6.07, 6.45) is 4.78. The highest BCUT2D eigenvalue weighted by molar-refractivity contribution is 5.41. The molecule has 0 atom stereocenters.